The molecule has 6 heteroatoms. The summed E-state index contributed by atoms with van der Waals surface area (Å²) in [4.78, 5) is 41.3. The van der Waals surface area contributed by atoms with E-state index in [4.69, 9.17) is 4.74 Å². The Morgan fingerprint density at radius 1 is 1.30 bits per heavy atom. The Bertz CT molecular complexity index is 709. The molecule has 2 amide bonds. The molecule has 0 bridgehead atoms. The van der Waals surface area contributed by atoms with Crippen LogP contribution in [0.2, 0.25) is 0 Å². The van der Waals surface area contributed by atoms with Crippen molar-refractivity contribution in [3.05, 3.63) is 11.8 Å². The predicted octanol–water partition coefficient (Wildman–Crippen LogP) is 2.24. The van der Waals surface area contributed by atoms with Crippen LogP contribution in [-0.4, -0.2) is 53.3 Å². The van der Waals surface area contributed by atoms with Crippen molar-refractivity contribution >= 4 is 17.8 Å². The van der Waals surface area contributed by atoms with Crippen molar-refractivity contribution in [2.45, 2.75) is 64.8 Å². The summed E-state index contributed by atoms with van der Waals surface area (Å²) in [6, 6.07) is 0.0228. The molecular formula is C21H28N2O4. The van der Waals surface area contributed by atoms with Crippen LogP contribution in [-0.2, 0) is 19.1 Å². The molecule has 146 valence electrons. The molecule has 2 saturated heterocycles. The number of allylic oxidation sites excluding steroid dienone is 1. The zero-order chi connectivity index (χ0) is 19.4. The zero-order valence-electron chi connectivity index (χ0n) is 16.3. The molecule has 0 spiro atoms. The van der Waals surface area contributed by atoms with Gasteiger partial charge in [0.25, 0.3) is 5.91 Å². The number of hydrogen-bond acceptors (Lipinski definition) is 4. The molecule has 1 atom stereocenters. The lowest BCUT2D eigenvalue weighted by Gasteiger charge is -2.49. The van der Waals surface area contributed by atoms with E-state index in [0.29, 0.717) is 45.4 Å². The molecular weight excluding hydrogens is 344 g/mol. The Hall–Kier alpha value is -2.29. The number of likely N-dealkylation sites (tertiary alicyclic amines) is 2. The maximum atomic E-state index is 12.8. The highest BCUT2D eigenvalue weighted by Crippen LogP contribution is 2.49. The Balaban J connectivity index is 1.81. The topological polar surface area (TPSA) is 66.9 Å². The number of piperidine rings is 2. The van der Waals surface area contributed by atoms with Gasteiger partial charge in [0.05, 0.1) is 6.61 Å². The van der Waals surface area contributed by atoms with Crippen molar-refractivity contribution < 1.29 is 19.1 Å². The fourth-order valence-electron chi connectivity index (χ4n) is 4.61. The summed E-state index contributed by atoms with van der Waals surface area (Å²) in [5.74, 6) is 4.96. The summed E-state index contributed by atoms with van der Waals surface area (Å²) in [5.41, 5.74) is 0.171. The minimum atomic E-state index is -0.678. The molecule has 2 heterocycles. The largest absolute Gasteiger partial charge is 0.465 e. The van der Waals surface area contributed by atoms with Crippen LogP contribution in [0.5, 0.6) is 0 Å². The zero-order valence-corrected chi connectivity index (χ0v) is 16.3. The molecule has 2 aliphatic heterocycles. The average Bonchev–Trinajstić information content (AvgIpc) is 2.68. The third kappa shape index (κ3) is 3.60. The van der Waals surface area contributed by atoms with Gasteiger partial charge >= 0.3 is 5.97 Å². The van der Waals surface area contributed by atoms with Crippen molar-refractivity contribution in [2.24, 2.45) is 5.41 Å². The van der Waals surface area contributed by atoms with Crippen LogP contribution < -0.4 is 0 Å². The number of hydrogen-bond donors (Lipinski definition) is 0. The van der Waals surface area contributed by atoms with Crippen LogP contribution in [0.1, 0.15) is 58.8 Å². The van der Waals surface area contributed by atoms with E-state index in [0.717, 1.165) is 25.0 Å². The second kappa shape index (κ2) is 8.16. The fourth-order valence-corrected chi connectivity index (χ4v) is 4.61. The first-order valence-electron chi connectivity index (χ1n) is 9.95. The molecule has 1 aliphatic carbocycles. The van der Waals surface area contributed by atoms with E-state index in [1.54, 1.807) is 11.8 Å². The standard InChI is InChI=1S/C21H28N2O4/c1-3-7-18(24)22-14-10-16(11-15-22)23-17-8-5-6-12-21(17,13-9-19(23)25)20(26)27-4-2/h8,16H,4-6,9-15H2,1-2H3. The van der Waals surface area contributed by atoms with E-state index in [1.165, 1.54) is 0 Å². The maximum absolute atomic E-state index is 12.8. The lowest BCUT2D eigenvalue weighted by Crippen LogP contribution is -2.55. The first-order chi connectivity index (χ1) is 13.0. The molecule has 0 N–H and O–H groups in total. The molecule has 0 radical (unpaired) electrons. The number of amides is 2. The Morgan fingerprint density at radius 2 is 2.04 bits per heavy atom. The fraction of sp³-hybridized carbons (Fsp3) is 0.667. The van der Waals surface area contributed by atoms with E-state index in [-0.39, 0.29) is 23.8 Å². The van der Waals surface area contributed by atoms with Gasteiger partial charge in [0.1, 0.15) is 5.41 Å². The van der Waals surface area contributed by atoms with E-state index in [9.17, 15) is 14.4 Å². The van der Waals surface area contributed by atoms with Crippen molar-refractivity contribution in [1.29, 1.82) is 0 Å². The minimum absolute atomic E-state index is 0.0228. The van der Waals surface area contributed by atoms with E-state index in [1.807, 2.05) is 11.8 Å². The first kappa shape index (κ1) is 19.5. The molecule has 27 heavy (non-hydrogen) atoms. The highest BCUT2D eigenvalue weighted by atomic mass is 16.5. The van der Waals surface area contributed by atoms with Gasteiger partial charge in [0.2, 0.25) is 5.91 Å². The number of nitrogens with zero attached hydrogens (tertiary/aromatic N) is 2. The number of carbonyl (C=O) groups is 3. The normalized spacial score (nSPS) is 25.9. The van der Waals surface area contributed by atoms with Crippen molar-refractivity contribution in [3.63, 3.8) is 0 Å². The van der Waals surface area contributed by atoms with Crippen LogP contribution in [0.3, 0.4) is 0 Å². The third-order valence-electron chi connectivity index (χ3n) is 5.94. The van der Waals surface area contributed by atoms with Gasteiger partial charge in [0.15, 0.2) is 0 Å². The molecule has 3 rings (SSSR count). The highest BCUT2D eigenvalue weighted by molar-refractivity contribution is 5.93. The molecule has 3 aliphatic rings. The Morgan fingerprint density at radius 3 is 2.70 bits per heavy atom. The average molecular weight is 372 g/mol. The second-order valence-corrected chi connectivity index (χ2v) is 7.45. The van der Waals surface area contributed by atoms with Crippen molar-refractivity contribution in [1.82, 2.24) is 9.80 Å². The maximum Gasteiger partial charge on any atom is 0.318 e. The Labute approximate surface area is 160 Å². The van der Waals surface area contributed by atoms with E-state index in [2.05, 4.69) is 17.9 Å². The molecule has 0 aromatic carbocycles. The van der Waals surface area contributed by atoms with Gasteiger partial charge in [-0.3, -0.25) is 14.4 Å². The van der Waals surface area contributed by atoms with Gasteiger partial charge in [-0.2, -0.15) is 0 Å². The minimum Gasteiger partial charge on any atom is -0.465 e. The van der Waals surface area contributed by atoms with Crippen LogP contribution in [0.4, 0.5) is 0 Å². The van der Waals surface area contributed by atoms with Crippen LogP contribution >= 0.6 is 0 Å². The van der Waals surface area contributed by atoms with Crippen LogP contribution in [0.25, 0.3) is 0 Å². The summed E-state index contributed by atoms with van der Waals surface area (Å²) in [5, 5.41) is 0. The van der Waals surface area contributed by atoms with Gasteiger partial charge in [0, 0.05) is 31.2 Å². The molecule has 2 fully saturated rings. The molecule has 1 unspecified atom stereocenters. The lowest BCUT2D eigenvalue weighted by atomic mass is 9.69. The third-order valence-corrected chi connectivity index (χ3v) is 5.94. The van der Waals surface area contributed by atoms with Crippen LogP contribution in [0.15, 0.2) is 11.8 Å². The smallest absolute Gasteiger partial charge is 0.318 e. The number of fused-ring (bicyclic) bond motifs is 1. The summed E-state index contributed by atoms with van der Waals surface area (Å²) in [7, 11) is 0. The first-order valence-corrected chi connectivity index (χ1v) is 9.95. The molecule has 0 aromatic heterocycles. The molecule has 6 nitrogen and oxygen atoms in total. The lowest BCUT2D eigenvalue weighted by molar-refractivity contribution is -0.160. The summed E-state index contributed by atoms with van der Waals surface area (Å²) in [6.07, 6.45) is 6.95. The van der Waals surface area contributed by atoms with Crippen molar-refractivity contribution in [2.75, 3.05) is 19.7 Å². The second-order valence-electron chi connectivity index (χ2n) is 7.45. The van der Waals surface area contributed by atoms with Gasteiger partial charge in [-0.15, -0.1) is 0 Å². The molecule has 0 aromatic rings. The SMILES string of the molecule is CC#CC(=O)N1CCC(N2C(=O)CCC3(C(=O)OCC)CCCC=C23)CC1. The van der Waals surface area contributed by atoms with Gasteiger partial charge < -0.3 is 14.5 Å². The number of esters is 1. The number of carbonyl (C=O) groups excluding carboxylic acids is 3. The number of rotatable bonds is 3. The van der Waals surface area contributed by atoms with E-state index >= 15 is 0 Å². The highest BCUT2D eigenvalue weighted by Gasteiger charge is 2.52. The predicted molar refractivity (Wildman–Crippen MR) is 100 cm³/mol. The Kier molecular flexibility index (Phi) is 5.88. The monoisotopic (exact) mass is 372 g/mol. The summed E-state index contributed by atoms with van der Waals surface area (Å²) < 4.78 is 5.40. The number of ether oxygens (including phenoxy) is 1. The van der Waals surface area contributed by atoms with Crippen molar-refractivity contribution in [3.8, 4) is 11.8 Å². The summed E-state index contributed by atoms with van der Waals surface area (Å²) >= 11 is 0. The van der Waals surface area contributed by atoms with E-state index < -0.39 is 5.41 Å². The van der Waals surface area contributed by atoms with Crippen LogP contribution in [0, 0.1) is 17.3 Å². The quantitative estimate of drug-likeness (QED) is 0.563. The molecule has 0 saturated carbocycles. The van der Waals surface area contributed by atoms with Gasteiger partial charge in [-0.25, -0.2) is 0 Å². The van der Waals surface area contributed by atoms with Gasteiger partial charge in [-0.1, -0.05) is 12.0 Å². The van der Waals surface area contributed by atoms with Gasteiger partial charge in [-0.05, 0) is 58.3 Å². The summed E-state index contributed by atoms with van der Waals surface area (Å²) in [6.45, 7) is 4.99.